The lowest BCUT2D eigenvalue weighted by Gasteiger charge is -2.14. The number of esters is 1. The summed E-state index contributed by atoms with van der Waals surface area (Å²) in [5, 5.41) is 2.96. The standard InChI is InChI=1S/C20H23NO8S2/c1-5-29-20(23)17-11-6-7-31(24,25)10-16(11)30-19(17)21-18(22)12-8-14(27-3)15(28-4)9-13(12)26-2/h8-9H,5-7,10H2,1-4H3,(H,21,22). The summed E-state index contributed by atoms with van der Waals surface area (Å²) < 4.78 is 45.0. The van der Waals surface area contributed by atoms with Crippen LogP contribution in [0.2, 0.25) is 0 Å². The molecular formula is C20H23NO8S2. The minimum absolute atomic E-state index is 0.0555. The van der Waals surface area contributed by atoms with Gasteiger partial charge in [0, 0.05) is 17.0 Å². The predicted octanol–water partition coefficient (Wildman–Crippen LogP) is 2.67. The molecule has 0 spiro atoms. The molecule has 0 fully saturated rings. The van der Waals surface area contributed by atoms with Crippen LogP contribution < -0.4 is 19.5 Å². The number of anilines is 1. The molecular weight excluding hydrogens is 446 g/mol. The molecule has 0 saturated carbocycles. The number of amides is 1. The van der Waals surface area contributed by atoms with E-state index in [1.165, 1.54) is 33.5 Å². The molecule has 168 valence electrons. The van der Waals surface area contributed by atoms with Gasteiger partial charge in [0.25, 0.3) is 5.91 Å². The van der Waals surface area contributed by atoms with Gasteiger partial charge in [-0.3, -0.25) is 4.79 Å². The normalized spacial score (nSPS) is 14.3. The highest BCUT2D eigenvalue weighted by Crippen LogP contribution is 2.40. The van der Waals surface area contributed by atoms with E-state index in [1.807, 2.05) is 0 Å². The number of sulfone groups is 1. The fourth-order valence-corrected chi connectivity index (χ4v) is 6.34. The lowest BCUT2D eigenvalue weighted by Crippen LogP contribution is -2.20. The number of ether oxygens (including phenoxy) is 4. The Hall–Kier alpha value is -2.79. The molecule has 1 aliphatic rings. The van der Waals surface area contributed by atoms with Crippen LogP contribution in [0.15, 0.2) is 12.1 Å². The molecule has 0 aliphatic carbocycles. The Labute approximate surface area is 184 Å². The third-order valence-electron chi connectivity index (χ3n) is 4.76. The molecule has 0 atom stereocenters. The summed E-state index contributed by atoms with van der Waals surface area (Å²) in [4.78, 5) is 26.2. The number of nitrogens with one attached hydrogen (secondary N) is 1. The van der Waals surface area contributed by atoms with E-state index >= 15 is 0 Å². The minimum Gasteiger partial charge on any atom is -0.496 e. The maximum Gasteiger partial charge on any atom is 0.341 e. The molecule has 2 aromatic rings. The van der Waals surface area contributed by atoms with Gasteiger partial charge in [-0.05, 0) is 18.9 Å². The Bertz CT molecular complexity index is 1120. The number of methoxy groups -OCH3 is 3. The van der Waals surface area contributed by atoms with Crippen LogP contribution >= 0.6 is 11.3 Å². The van der Waals surface area contributed by atoms with Crippen LogP contribution in [0.1, 0.15) is 38.1 Å². The summed E-state index contributed by atoms with van der Waals surface area (Å²) in [5.41, 5.74) is 0.964. The van der Waals surface area contributed by atoms with Gasteiger partial charge in [0.1, 0.15) is 10.8 Å². The van der Waals surface area contributed by atoms with E-state index in [0.717, 1.165) is 11.3 Å². The third-order valence-corrected chi connectivity index (χ3v) is 7.65. The maximum absolute atomic E-state index is 13.1. The molecule has 0 saturated heterocycles. The number of hydrogen-bond donors (Lipinski definition) is 1. The van der Waals surface area contributed by atoms with E-state index < -0.39 is 21.7 Å². The zero-order valence-electron chi connectivity index (χ0n) is 17.6. The molecule has 1 amide bonds. The van der Waals surface area contributed by atoms with Gasteiger partial charge in [-0.1, -0.05) is 0 Å². The zero-order chi connectivity index (χ0) is 22.8. The van der Waals surface area contributed by atoms with Crippen molar-refractivity contribution in [2.75, 3.05) is 39.0 Å². The summed E-state index contributed by atoms with van der Waals surface area (Å²) in [6.45, 7) is 1.83. The molecule has 0 unspecified atom stereocenters. The predicted molar refractivity (Wildman–Crippen MR) is 116 cm³/mol. The quantitative estimate of drug-likeness (QED) is 0.615. The average molecular weight is 470 g/mol. The second kappa shape index (κ2) is 9.15. The fraction of sp³-hybridized carbons (Fsp3) is 0.400. The first-order chi connectivity index (χ1) is 14.7. The summed E-state index contributed by atoms with van der Waals surface area (Å²) in [6, 6.07) is 2.99. The van der Waals surface area contributed by atoms with Crippen LogP contribution in [0.25, 0.3) is 0 Å². The van der Waals surface area contributed by atoms with Crippen molar-refractivity contribution in [3.8, 4) is 17.2 Å². The average Bonchev–Trinajstić information content (AvgIpc) is 3.08. The molecule has 1 aromatic heterocycles. The number of thiophene rings is 1. The number of carbonyl (C=O) groups excluding carboxylic acids is 2. The number of rotatable bonds is 7. The lowest BCUT2D eigenvalue weighted by atomic mass is 10.1. The maximum atomic E-state index is 13.1. The molecule has 2 heterocycles. The van der Waals surface area contributed by atoms with Crippen LogP contribution in [0.5, 0.6) is 17.2 Å². The van der Waals surface area contributed by atoms with Crippen molar-refractivity contribution in [3.63, 3.8) is 0 Å². The zero-order valence-corrected chi connectivity index (χ0v) is 19.2. The van der Waals surface area contributed by atoms with E-state index in [2.05, 4.69) is 5.32 Å². The van der Waals surface area contributed by atoms with Gasteiger partial charge >= 0.3 is 5.97 Å². The Morgan fingerprint density at radius 1 is 1.06 bits per heavy atom. The molecule has 0 bridgehead atoms. The number of hydrogen-bond acceptors (Lipinski definition) is 9. The molecule has 31 heavy (non-hydrogen) atoms. The molecule has 0 radical (unpaired) electrons. The Kier molecular flexibility index (Phi) is 6.75. The lowest BCUT2D eigenvalue weighted by molar-refractivity contribution is 0.0527. The van der Waals surface area contributed by atoms with Crippen molar-refractivity contribution in [2.45, 2.75) is 19.1 Å². The smallest absolute Gasteiger partial charge is 0.341 e. The van der Waals surface area contributed by atoms with Crippen LogP contribution in [0, 0.1) is 0 Å². The molecule has 9 nitrogen and oxygen atoms in total. The first kappa shape index (κ1) is 22.9. The monoisotopic (exact) mass is 469 g/mol. The molecule has 1 N–H and O–H groups in total. The van der Waals surface area contributed by atoms with Crippen molar-refractivity contribution < 1.29 is 37.0 Å². The first-order valence-electron chi connectivity index (χ1n) is 9.38. The van der Waals surface area contributed by atoms with E-state index in [1.54, 1.807) is 6.92 Å². The van der Waals surface area contributed by atoms with Crippen molar-refractivity contribution in [3.05, 3.63) is 33.7 Å². The highest BCUT2D eigenvalue weighted by molar-refractivity contribution is 7.90. The number of fused-ring (bicyclic) bond motifs is 1. The van der Waals surface area contributed by atoms with Crippen molar-refractivity contribution >= 4 is 38.1 Å². The van der Waals surface area contributed by atoms with E-state index in [9.17, 15) is 18.0 Å². The van der Waals surface area contributed by atoms with Gasteiger partial charge in [0.05, 0.1) is 50.6 Å². The summed E-state index contributed by atoms with van der Waals surface area (Å²) in [5.74, 6) is -0.416. The van der Waals surface area contributed by atoms with Gasteiger partial charge in [-0.25, -0.2) is 13.2 Å². The largest absolute Gasteiger partial charge is 0.496 e. The Morgan fingerprint density at radius 2 is 1.71 bits per heavy atom. The summed E-state index contributed by atoms with van der Waals surface area (Å²) in [7, 11) is 1.07. The van der Waals surface area contributed by atoms with Crippen LogP contribution in [-0.4, -0.2) is 54.0 Å². The number of benzene rings is 1. The molecule has 1 aromatic carbocycles. The Balaban J connectivity index is 2.04. The van der Waals surface area contributed by atoms with E-state index in [4.69, 9.17) is 18.9 Å². The van der Waals surface area contributed by atoms with Crippen molar-refractivity contribution in [1.82, 2.24) is 0 Å². The second-order valence-corrected chi connectivity index (χ2v) is 9.92. The summed E-state index contributed by atoms with van der Waals surface area (Å²) >= 11 is 1.06. The van der Waals surface area contributed by atoms with E-state index in [0.29, 0.717) is 21.9 Å². The van der Waals surface area contributed by atoms with E-state index in [-0.39, 0.29) is 46.4 Å². The van der Waals surface area contributed by atoms with Crippen LogP contribution in [0.4, 0.5) is 5.00 Å². The topological polar surface area (TPSA) is 117 Å². The van der Waals surface area contributed by atoms with Crippen molar-refractivity contribution in [2.24, 2.45) is 0 Å². The van der Waals surface area contributed by atoms with Crippen LogP contribution in [0.3, 0.4) is 0 Å². The van der Waals surface area contributed by atoms with Gasteiger partial charge in [0.2, 0.25) is 0 Å². The molecule has 11 heteroatoms. The van der Waals surface area contributed by atoms with Crippen LogP contribution in [-0.2, 0) is 26.7 Å². The van der Waals surface area contributed by atoms with Gasteiger partial charge in [-0.15, -0.1) is 11.3 Å². The first-order valence-corrected chi connectivity index (χ1v) is 12.0. The SMILES string of the molecule is CCOC(=O)c1c(NC(=O)c2cc(OC)c(OC)cc2OC)sc2c1CCS(=O)(=O)C2. The highest BCUT2D eigenvalue weighted by Gasteiger charge is 2.32. The van der Waals surface area contributed by atoms with Gasteiger partial charge < -0.3 is 24.3 Å². The third kappa shape index (κ3) is 4.62. The summed E-state index contributed by atoms with van der Waals surface area (Å²) in [6.07, 6.45) is 0.192. The Morgan fingerprint density at radius 3 is 2.32 bits per heavy atom. The number of carbonyl (C=O) groups is 2. The molecule has 3 rings (SSSR count). The highest BCUT2D eigenvalue weighted by atomic mass is 32.2. The van der Waals surface area contributed by atoms with Gasteiger partial charge in [0.15, 0.2) is 21.3 Å². The second-order valence-electron chi connectivity index (χ2n) is 6.63. The van der Waals surface area contributed by atoms with Crippen molar-refractivity contribution in [1.29, 1.82) is 0 Å². The fourth-order valence-electron chi connectivity index (χ4n) is 3.31. The molecule has 1 aliphatic heterocycles. The van der Waals surface area contributed by atoms with Gasteiger partial charge in [-0.2, -0.15) is 0 Å². The minimum atomic E-state index is -3.25.